The highest BCUT2D eigenvalue weighted by Crippen LogP contribution is 2.54. The molecule has 7 heteroatoms. The summed E-state index contributed by atoms with van der Waals surface area (Å²) in [5.74, 6) is -0.933. The van der Waals surface area contributed by atoms with E-state index >= 15 is 0 Å². The maximum atomic E-state index is 11.1. The Morgan fingerprint density at radius 1 is 1.38 bits per heavy atom. The van der Waals surface area contributed by atoms with Gasteiger partial charge in [-0.15, -0.1) is 0 Å². The normalized spacial score (nSPS) is 23.2. The van der Waals surface area contributed by atoms with Crippen molar-refractivity contribution in [3.8, 4) is 0 Å². The minimum atomic E-state index is -0.933. The molecule has 1 aromatic carbocycles. The monoisotopic (exact) mass is 330 g/mol. The standard InChI is InChI=1S/C17H18N2O5/c1-16(2)13-6-5-12(19(22)23)11-14(13)18(9-7-15(20)21)17(16)8-3-4-10-24-17/h3-6,8,10-11H,7,9H2,1-2H3,(H,20,21). The number of fused-ring (bicyclic) bond motifs is 1. The van der Waals surface area contributed by atoms with Crippen LogP contribution < -0.4 is 4.90 Å². The highest BCUT2D eigenvalue weighted by atomic mass is 16.6. The SMILES string of the molecule is CC1(C)c2ccc([N+](=O)[O-])cc2N(CCC(=O)O)C12C=CC=CO2. The molecule has 0 saturated heterocycles. The van der Waals surface area contributed by atoms with Crippen LogP contribution in [-0.4, -0.2) is 28.3 Å². The molecule has 0 saturated carbocycles. The zero-order chi connectivity index (χ0) is 17.5. The number of rotatable bonds is 4. The molecule has 0 fully saturated rings. The molecule has 0 amide bonds. The van der Waals surface area contributed by atoms with E-state index in [9.17, 15) is 14.9 Å². The first-order valence-electron chi connectivity index (χ1n) is 7.60. The Morgan fingerprint density at radius 3 is 2.71 bits per heavy atom. The molecule has 0 aromatic heterocycles. The molecule has 2 aliphatic heterocycles. The summed E-state index contributed by atoms with van der Waals surface area (Å²) < 4.78 is 5.97. The summed E-state index contributed by atoms with van der Waals surface area (Å²) in [7, 11) is 0. The van der Waals surface area contributed by atoms with Gasteiger partial charge in [0.05, 0.1) is 28.7 Å². The number of carboxylic acids is 1. The van der Waals surface area contributed by atoms with Crippen LogP contribution in [0.4, 0.5) is 11.4 Å². The number of hydrogen-bond acceptors (Lipinski definition) is 5. The molecule has 2 heterocycles. The molecule has 1 aromatic rings. The fourth-order valence-electron chi connectivity index (χ4n) is 3.51. The fourth-order valence-corrected chi connectivity index (χ4v) is 3.51. The van der Waals surface area contributed by atoms with E-state index in [0.717, 1.165) is 5.56 Å². The van der Waals surface area contributed by atoms with Crippen LogP contribution in [0, 0.1) is 10.1 Å². The van der Waals surface area contributed by atoms with E-state index in [2.05, 4.69) is 0 Å². The van der Waals surface area contributed by atoms with Gasteiger partial charge in [0.15, 0.2) is 0 Å². The lowest BCUT2D eigenvalue weighted by atomic mass is 9.77. The van der Waals surface area contributed by atoms with Crippen molar-refractivity contribution in [3.05, 3.63) is 58.4 Å². The van der Waals surface area contributed by atoms with Crippen LogP contribution in [0.25, 0.3) is 0 Å². The predicted molar refractivity (Wildman–Crippen MR) is 87.8 cm³/mol. The number of carbonyl (C=O) groups is 1. The number of non-ortho nitro benzene ring substituents is 1. The molecule has 0 radical (unpaired) electrons. The highest BCUT2D eigenvalue weighted by Gasteiger charge is 2.58. The predicted octanol–water partition coefficient (Wildman–Crippen LogP) is 2.96. The second kappa shape index (κ2) is 5.36. The van der Waals surface area contributed by atoms with Crippen molar-refractivity contribution in [1.29, 1.82) is 0 Å². The van der Waals surface area contributed by atoms with Crippen LogP contribution in [-0.2, 0) is 14.9 Å². The molecular weight excluding hydrogens is 312 g/mol. The number of nitrogens with zero attached hydrogens (tertiary/aromatic N) is 2. The van der Waals surface area contributed by atoms with Gasteiger partial charge in [-0.1, -0.05) is 6.08 Å². The van der Waals surface area contributed by atoms with E-state index in [0.29, 0.717) is 5.69 Å². The first-order valence-corrected chi connectivity index (χ1v) is 7.60. The molecule has 3 rings (SSSR count). The molecule has 7 nitrogen and oxygen atoms in total. The van der Waals surface area contributed by atoms with Crippen molar-refractivity contribution in [2.45, 2.75) is 31.4 Å². The van der Waals surface area contributed by atoms with Crippen molar-refractivity contribution in [1.82, 2.24) is 0 Å². The molecule has 126 valence electrons. The van der Waals surface area contributed by atoms with Gasteiger partial charge < -0.3 is 14.7 Å². The van der Waals surface area contributed by atoms with E-state index in [-0.39, 0.29) is 18.7 Å². The largest absolute Gasteiger partial charge is 0.481 e. The second-order valence-corrected chi connectivity index (χ2v) is 6.38. The molecular formula is C17H18N2O5. The molecule has 2 aliphatic rings. The summed E-state index contributed by atoms with van der Waals surface area (Å²) in [5.41, 5.74) is 0.0671. The summed E-state index contributed by atoms with van der Waals surface area (Å²) >= 11 is 0. The third-order valence-corrected chi connectivity index (χ3v) is 4.76. The van der Waals surface area contributed by atoms with E-state index in [1.807, 2.05) is 30.9 Å². The van der Waals surface area contributed by atoms with Crippen molar-refractivity contribution in [2.24, 2.45) is 0 Å². The lowest BCUT2D eigenvalue weighted by Crippen LogP contribution is -2.56. The lowest BCUT2D eigenvalue weighted by Gasteiger charge is -2.45. The Kier molecular flexibility index (Phi) is 3.59. The minimum absolute atomic E-state index is 0.0303. The molecule has 1 atom stereocenters. The van der Waals surface area contributed by atoms with Crippen molar-refractivity contribution >= 4 is 17.3 Å². The zero-order valence-corrected chi connectivity index (χ0v) is 13.4. The third-order valence-electron chi connectivity index (χ3n) is 4.76. The summed E-state index contributed by atoms with van der Waals surface area (Å²) in [5, 5.41) is 20.2. The Bertz CT molecular complexity index is 768. The van der Waals surface area contributed by atoms with Crippen molar-refractivity contribution in [2.75, 3.05) is 11.4 Å². The first kappa shape index (κ1) is 16.0. The van der Waals surface area contributed by atoms with Gasteiger partial charge >= 0.3 is 5.97 Å². The molecule has 0 bridgehead atoms. The van der Waals surface area contributed by atoms with Gasteiger partial charge in [0.1, 0.15) is 0 Å². The number of benzene rings is 1. The number of nitro benzene ring substituents is 1. The van der Waals surface area contributed by atoms with Crippen LogP contribution in [0.1, 0.15) is 25.8 Å². The fraction of sp³-hybridized carbons (Fsp3) is 0.353. The Hall–Kier alpha value is -2.83. The van der Waals surface area contributed by atoms with Crippen molar-refractivity contribution < 1.29 is 19.6 Å². The van der Waals surface area contributed by atoms with Gasteiger partial charge in [-0.3, -0.25) is 14.9 Å². The van der Waals surface area contributed by atoms with Crippen LogP contribution >= 0.6 is 0 Å². The highest BCUT2D eigenvalue weighted by molar-refractivity contribution is 5.73. The maximum Gasteiger partial charge on any atom is 0.305 e. The average molecular weight is 330 g/mol. The van der Waals surface area contributed by atoms with E-state index in [1.54, 1.807) is 18.4 Å². The number of nitro groups is 1. The van der Waals surface area contributed by atoms with E-state index < -0.39 is 22.0 Å². The number of carboxylic acid groups (broad SMARTS) is 1. The second-order valence-electron chi connectivity index (χ2n) is 6.38. The molecule has 1 spiro atoms. The molecule has 1 unspecified atom stereocenters. The van der Waals surface area contributed by atoms with Gasteiger partial charge in [-0.25, -0.2) is 0 Å². The molecule has 1 N–H and O–H groups in total. The number of hydrogen-bond donors (Lipinski definition) is 1. The van der Waals surface area contributed by atoms with Gasteiger partial charge in [0.25, 0.3) is 5.69 Å². The third kappa shape index (κ3) is 2.16. The quantitative estimate of drug-likeness (QED) is 0.674. The number of allylic oxidation sites excluding steroid dienone is 2. The Morgan fingerprint density at radius 2 is 2.12 bits per heavy atom. The summed E-state index contributed by atoms with van der Waals surface area (Å²) in [4.78, 5) is 23.6. The average Bonchev–Trinajstić information content (AvgIpc) is 2.71. The van der Waals surface area contributed by atoms with Gasteiger partial charge in [0, 0.05) is 18.7 Å². The number of aliphatic carboxylic acids is 1. The molecule has 0 aliphatic carbocycles. The van der Waals surface area contributed by atoms with E-state index in [1.165, 1.54) is 12.1 Å². The van der Waals surface area contributed by atoms with Gasteiger partial charge in [-0.2, -0.15) is 0 Å². The summed E-state index contributed by atoms with van der Waals surface area (Å²) in [6.45, 7) is 4.16. The van der Waals surface area contributed by atoms with Crippen molar-refractivity contribution in [3.63, 3.8) is 0 Å². The van der Waals surface area contributed by atoms with Crippen LogP contribution in [0.5, 0.6) is 0 Å². The van der Waals surface area contributed by atoms with E-state index in [4.69, 9.17) is 9.84 Å². The van der Waals surface area contributed by atoms with Crippen LogP contribution in [0.3, 0.4) is 0 Å². The topological polar surface area (TPSA) is 92.9 Å². The Labute approximate surface area is 139 Å². The summed E-state index contributed by atoms with van der Waals surface area (Å²) in [6, 6.07) is 4.69. The Balaban J connectivity index is 2.16. The van der Waals surface area contributed by atoms with Crippen LogP contribution in [0.15, 0.2) is 42.7 Å². The van der Waals surface area contributed by atoms with Crippen LogP contribution in [0.2, 0.25) is 0 Å². The van der Waals surface area contributed by atoms with Gasteiger partial charge in [-0.05, 0) is 37.6 Å². The summed E-state index contributed by atoms with van der Waals surface area (Å²) in [6.07, 6.45) is 6.94. The van der Waals surface area contributed by atoms with Gasteiger partial charge in [0.2, 0.25) is 5.72 Å². The first-order chi connectivity index (χ1) is 11.3. The number of anilines is 1. The smallest absolute Gasteiger partial charge is 0.305 e. The number of ether oxygens (including phenoxy) is 1. The zero-order valence-electron chi connectivity index (χ0n) is 13.4. The minimum Gasteiger partial charge on any atom is -0.481 e. The lowest BCUT2D eigenvalue weighted by molar-refractivity contribution is -0.384. The molecule has 24 heavy (non-hydrogen) atoms. The maximum absolute atomic E-state index is 11.1.